The van der Waals surface area contributed by atoms with Crippen LogP contribution in [0.5, 0.6) is 0 Å². The molecule has 2 aromatic heterocycles. The molecule has 1 N–H and O–H groups in total. The number of hydrogen-bond acceptors (Lipinski definition) is 4. The SMILES string of the molecule is Cn1cc(N2CCN(C(=O)Nc3ccc(F)cn3)CC2)cn1. The normalized spacial score (nSPS) is 15.0. The van der Waals surface area contributed by atoms with Crippen molar-refractivity contribution in [3.8, 4) is 0 Å². The molecule has 2 amide bonds. The van der Waals surface area contributed by atoms with Gasteiger partial charge in [-0.3, -0.25) is 10.00 Å². The van der Waals surface area contributed by atoms with E-state index in [9.17, 15) is 9.18 Å². The van der Waals surface area contributed by atoms with Crippen LogP contribution in [0.2, 0.25) is 0 Å². The molecule has 0 aromatic carbocycles. The average molecular weight is 304 g/mol. The van der Waals surface area contributed by atoms with E-state index in [2.05, 4.69) is 20.3 Å². The van der Waals surface area contributed by atoms with E-state index in [0.717, 1.165) is 25.0 Å². The third kappa shape index (κ3) is 3.16. The van der Waals surface area contributed by atoms with Gasteiger partial charge in [0.1, 0.15) is 11.6 Å². The molecule has 7 nitrogen and oxygen atoms in total. The summed E-state index contributed by atoms with van der Waals surface area (Å²) in [7, 11) is 1.88. The molecule has 0 atom stereocenters. The number of nitrogens with one attached hydrogen (secondary N) is 1. The molecule has 1 aliphatic rings. The maximum absolute atomic E-state index is 12.8. The second kappa shape index (κ2) is 6.00. The van der Waals surface area contributed by atoms with Crippen molar-refractivity contribution in [2.45, 2.75) is 0 Å². The molecular formula is C14H17FN6O. The van der Waals surface area contributed by atoms with Gasteiger partial charge in [0.2, 0.25) is 0 Å². The summed E-state index contributed by atoms with van der Waals surface area (Å²) in [6, 6.07) is 2.49. The summed E-state index contributed by atoms with van der Waals surface area (Å²) in [6.07, 6.45) is 4.85. The number of carbonyl (C=O) groups is 1. The lowest BCUT2D eigenvalue weighted by atomic mass is 10.3. The molecular weight excluding hydrogens is 287 g/mol. The van der Waals surface area contributed by atoms with Gasteiger partial charge in [-0.15, -0.1) is 0 Å². The van der Waals surface area contributed by atoms with Crippen molar-refractivity contribution in [1.29, 1.82) is 0 Å². The van der Waals surface area contributed by atoms with E-state index in [1.807, 2.05) is 19.4 Å². The van der Waals surface area contributed by atoms with Crippen molar-refractivity contribution < 1.29 is 9.18 Å². The summed E-state index contributed by atoms with van der Waals surface area (Å²) in [5.74, 6) is -0.0795. The molecule has 0 aliphatic carbocycles. The van der Waals surface area contributed by atoms with Gasteiger partial charge in [0.15, 0.2) is 0 Å². The topological polar surface area (TPSA) is 66.3 Å². The third-order valence-electron chi connectivity index (χ3n) is 3.59. The molecule has 1 saturated heterocycles. The van der Waals surface area contributed by atoms with Crippen LogP contribution in [0.15, 0.2) is 30.7 Å². The molecule has 1 aliphatic heterocycles. The van der Waals surface area contributed by atoms with Crippen LogP contribution in [-0.2, 0) is 7.05 Å². The molecule has 1 fully saturated rings. The Morgan fingerprint density at radius 2 is 2.00 bits per heavy atom. The molecule has 0 radical (unpaired) electrons. The number of nitrogens with zero attached hydrogens (tertiary/aromatic N) is 5. The van der Waals surface area contributed by atoms with Crippen LogP contribution in [0.4, 0.5) is 20.7 Å². The molecule has 0 spiro atoms. The quantitative estimate of drug-likeness (QED) is 0.908. The van der Waals surface area contributed by atoms with Crippen LogP contribution in [0.1, 0.15) is 0 Å². The maximum Gasteiger partial charge on any atom is 0.323 e. The maximum atomic E-state index is 12.8. The number of rotatable bonds is 2. The number of urea groups is 1. The lowest BCUT2D eigenvalue weighted by molar-refractivity contribution is 0.208. The highest BCUT2D eigenvalue weighted by Crippen LogP contribution is 2.15. The summed E-state index contributed by atoms with van der Waals surface area (Å²) in [5, 5.41) is 6.82. The molecule has 8 heteroatoms. The molecule has 3 rings (SSSR count). The fraction of sp³-hybridized carbons (Fsp3) is 0.357. The van der Waals surface area contributed by atoms with Crippen LogP contribution < -0.4 is 10.2 Å². The highest BCUT2D eigenvalue weighted by molar-refractivity contribution is 5.88. The Morgan fingerprint density at radius 1 is 1.23 bits per heavy atom. The Morgan fingerprint density at radius 3 is 2.59 bits per heavy atom. The van der Waals surface area contributed by atoms with Crippen molar-refractivity contribution in [1.82, 2.24) is 19.7 Å². The number of aryl methyl sites for hydroxylation is 1. The fourth-order valence-electron chi connectivity index (χ4n) is 2.38. The predicted octanol–water partition coefficient (Wildman–Crippen LogP) is 1.31. The van der Waals surface area contributed by atoms with E-state index in [0.29, 0.717) is 18.9 Å². The lowest BCUT2D eigenvalue weighted by Gasteiger charge is -2.35. The van der Waals surface area contributed by atoms with Gasteiger partial charge in [0.25, 0.3) is 0 Å². The summed E-state index contributed by atoms with van der Waals surface area (Å²) >= 11 is 0. The first-order valence-corrected chi connectivity index (χ1v) is 7.03. The first-order chi connectivity index (χ1) is 10.6. The Labute approximate surface area is 127 Å². The van der Waals surface area contributed by atoms with Gasteiger partial charge < -0.3 is 9.80 Å². The second-order valence-electron chi connectivity index (χ2n) is 5.14. The first kappa shape index (κ1) is 14.3. The lowest BCUT2D eigenvalue weighted by Crippen LogP contribution is -2.50. The number of aromatic nitrogens is 3. The Balaban J connectivity index is 1.54. The molecule has 2 aromatic rings. The van der Waals surface area contributed by atoms with Gasteiger partial charge >= 0.3 is 6.03 Å². The summed E-state index contributed by atoms with van der Waals surface area (Å²) in [5.41, 5.74) is 1.06. The number of carbonyl (C=O) groups excluding carboxylic acids is 1. The monoisotopic (exact) mass is 304 g/mol. The molecule has 0 saturated carbocycles. The number of pyridine rings is 1. The van der Waals surface area contributed by atoms with E-state index in [1.165, 1.54) is 12.1 Å². The zero-order chi connectivity index (χ0) is 15.5. The van der Waals surface area contributed by atoms with Gasteiger partial charge in [0, 0.05) is 39.4 Å². The minimum Gasteiger partial charge on any atom is -0.365 e. The highest BCUT2D eigenvalue weighted by atomic mass is 19.1. The zero-order valence-electron chi connectivity index (χ0n) is 12.2. The summed E-state index contributed by atoms with van der Waals surface area (Å²) in [6.45, 7) is 2.72. The van der Waals surface area contributed by atoms with Gasteiger partial charge in [-0.2, -0.15) is 5.10 Å². The van der Waals surface area contributed by atoms with Gasteiger partial charge in [-0.25, -0.2) is 14.2 Å². The van der Waals surface area contributed by atoms with Crippen LogP contribution >= 0.6 is 0 Å². The standard InChI is InChI=1S/C14H17FN6O/c1-19-10-12(9-17-19)20-4-6-21(7-5-20)14(22)18-13-3-2-11(15)8-16-13/h2-3,8-10H,4-7H2,1H3,(H,16,18,22). The fourth-order valence-corrected chi connectivity index (χ4v) is 2.38. The predicted molar refractivity (Wildman–Crippen MR) is 80.2 cm³/mol. The number of piperazine rings is 1. The van der Waals surface area contributed by atoms with Crippen molar-refractivity contribution in [2.24, 2.45) is 7.05 Å². The number of anilines is 2. The second-order valence-corrected chi connectivity index (χ2v) is 5.14. The van der Waals surface area contributed by atoms with Crippen molar-refractivity contribution in [3.63, 3.8) is 0 Å². The van der Waals surface area contributed by atoms with E-state index < -0.39 is 5.82 Å². The summed E-state index contributed by atoms with van der Waals surface area (Å²) < 4.78 is 14.5. The molecule has 116 valence electrons. The van der Waals surface area contributed by atoms with Crippen LogP contribution in [0.3, 0.4) is 0 Å². The Kier molecular flexibility index (Phi) is 3.90. The first-order valence-electron chi connectivity index (χ1n) is 7.03. The van der Waals surface area contributed by atoms with Gasteiger partial charge in [-0.1, -0.05) is 0 Å². The van der Waals surface area contributed by atoms with Crippen molar-refractivity contribution in [3.05, 3.63) is 36.5 Å². The number of amides is 2. The Hall–Kier alpha value is -2.64. The number of hydrogen-bond donors (Lipinski definition) is 1. The minimum atomic E-state index is -0.428. The largest absolute Gasteiger partial charge is 0.365 e. The summed E-state index contributed by atoms with van der Waals surface area (Å²) in [4.78, 5) is 19.9. The minimum absolute atomic E-state index is 0.218. The average Bonchev–Trinajstić information content (AvgIpc) is 2.96. The number of halogens is 1. The third-order valence-corrected chi connectivity index (χ3v) is 3.59. The van der Waals surface area contributed by atoms with Gasteiger partial charge in [-0.05, 0) is 12.1 Å². The zero-order valence-corrected chi connectivity index (χ0v) is 12.2. The highest BCUT2D eigenvalue weighted by Gasteiger charge is 2.22. The van der Waals surface area contributed by atoms with Crippen LogP contribution in [0.25, 0.3) is 0 Å². The van der Waals surface area contributed by atoms with Crippen molar-refractivity contribution in [2.75, 3.05) is 36.4 Å². The Bertz CT molecular complexity index is 648. The van der Waals surface area contributed by atoms with Crippen LogP contribution in [-0.4, -0.2) is 51.9 Å². The molecule has 0 bridgehead atoms. The van der Waals surface area contributed by atoms with Crippen molar-refractivity contribution >= 4 is 17.5 Å². The molecule has 3 heterocycles. The van der Waals surface area contributed by atoms with E-state index in [-0.39, 0.29) is 6.03 Å². The molecule has 22 heavy (non-hydrogen) atoms. The van der Waals surface area contributed by atoms with E-state index >= 15 is 0 Å². The van der Waals surface area contributed by atoms with E-state index in [4.69, 9.17) is 0 Å². The molecule has 0 unspecified atom stereocenters. The van der Waals surface area contributed by atoms with Gasteiger partial charge in [0.05, 0.1) is 18.1 Å². The smallest absolute Gasteiger partial charge is 0.323 e. The van der Waals surface area contributed by atoms with E-state index in [1.54, 1.807) is 9.58 Å². The van der Waals surface area contributed by atoms with Crippen LogP contribution in [0, 0.1) is 5.82 Å².